The Bertz CT molecular complexity index is 1660. The molecule has 10 atom stereocenters. The fourth-order valence-corrected chi connectivity index (χ4v) is 10.6. The Kier molecular flexibility index (Phi) is 8.70. The lowest BCUT2D eigenvalue weighted by atomic mass is 9.70. The summed E-state index contributed by atoms with van der Waals surface area (Å²) in [7, 11) is 0. The lowest BCUT2D eigenvalue weighted by molar-refractivity contribution is -0.178. The summed E-state index contributed by atoms with van der Waals surface area (Å²) in [5.74, 6) is 0.499. The summed E-state index contributed by atoms with van der Waals surface area (Å²) in [6.07, 6.45) is 5.68. The van der Waals surface area contributed by atoms with E-state index in [0.717, 1.165) is 25.7 Å². The smallest absolute Gasteiger partial charge is 0.354 e. The van der Waals surface area contributed by atoms with Crippen LogP contribution in [0.15, 0.2) is 52.1 Å². The minimum absolute atomic E-state index is 0.00766. The van der Waals surface area contributed by atoms with Crippen LogP contribution in [-0.4, -0.2) is 51.6 Å². The lowest BCUT2D eigenvalue weighted by Gasteiger charge is -2.42. The Hall–Kier alpha value is -2.46. The van der Waals surface area contributed by atoms with E-state index in [-0.39, 0.29) is 68.7 Å². The van der Waals surface area contributed by atoms with Crippen molar-refractivity contribution in [3.05, 3.63) is 63.5 Å². The summed E-state index contributed by atoms with van der Waals surface area (Å²) in [5.41, 5.74) is -0.588. The molecule has 282 valence electrons. The Balaban J connectivity index is 1.28. The van der Waals surface area contributed by atoms with Gasteiger partial charge in [0, 0.05) is 10.8 Å². The maximum absolute atomic E-state index is 14.5. The van der Waals surface area contributed by atoms with E-state index in [9.17, 15) is 9.59 Å². The first-order chi connectivity index (χ1) is 23.6. The minimum Gasteiger partial charge on any atom is -0.374 e. The van der Waals surface area contributed by atoms with Crippen molar-refractivity contribution in [1.82, 2.24) is 13.9 Å². The predicted octanol–water partition coefficient (Wildman–Crippen LogP) is 7.91. The third-order valence-corrected chi connectivity index (χ3v) is 14.3. The van der Waals surface area contributed by atoms with Crippen LogP contribution in [0.3, 0.4) is 0 Å². The van der Waals surface area contributed by atoms with Crippen molar-refractivity contribution in [2.24, 2.45) is 44.3 Å². The molecule has 9 heteroatoms. The number of ether oxygens (including phenoxy) is 4. The molecule has 6 unspecified atom stereocenters. The average molecular weight is 706 g/mol. The highest BCUT2D eigenvalue weighted by Crippen LogP contribution is 2.68. The number of nitrogens with zero attached hydrogens (tertiary/aromatic N) is 3. The summed E-state index contributed by atoms with van der Waals surface area (Å²) in [4.78, 5) is 29.1. The SMILES string of the molecule is CC(C)(C)COC1C(OC2C=CC(OC3C(OCC(C)(C)C)[C@]4(C)CC[C@@H]3C4(C)C)n3c(=O)n(-c4ccccc4)c(=O)n32)[C@@H]2CC[C@]1(C)C2(C)C. The molecule has 9 nitrogen and oxygen atoms in total. The number of fused-ring (bicyclic) bond motifs is 5. The van der Waals surface area contributed by atoms with Crippen molar-refractivity contribution < 1.29 is 18.9 Å². The molecule has 5 aliphatic rings. The van der Waals surface area contributed by atoms with Gasteiger partial charge in [0.1, 0.15) is 0 Å². The van der Waals surface area contributed by atoms with E-state index in [1.54, 1.807) is 12.1 Å². The summed E-state index contributed by atoms with van der Waals surface area (Å²) in [5, 5.41) is 0. The standard InChI is InChI=1S/C42H63N3O6/c1-37(2,3)24-48-33-31(27-20-22-41(33,11)39(27,7)8)50-29-18-19-30(45-36(47)43(35(46)44(29)45)26-16-14-13-15-17-26)51-32-28-21-23-42(12,40(28,9)10)34(32)49-25-38(4,5)6/h13-19,27-34H,20-25H2,1-12H3/t27-,28-,29?,30?,31?,32?,33?,34?,41-,42-/m0/s1. The number of para-hydroxylation sites is 1. The first-order valence-electron chi connectivity index (χ1n) is 19.4. The van der Waals surface area contributed by atoms with E-state index in [1.807, 2.05) is 30.4 Å². The molecule has 0 N–H and O–H groups in total. The highest BCUT2D eigenvalue weighted by atomic mass is 16.6. The second-order valence-electron chi connectivity index (χ2n) is 20.4. The van der Waals surface area contributed by atoms with E-state index in [0.29, 0.717) is 18.9 Å². The monoisotopic (exact) mass is 705 g/mol. The van der Waals surface area contributed by atoms with Crippen LogP contribution < -0.4 is 11.4 Å². The van der Waals surface area contributed by atoms with Crippen molar-refractivity contribution in [2.45, 2.75) is 146 Å². The molecule has 0 spiro atoms. The van der Waals surface area contributed by atoms with E-state index >= 15 is 0 Å². The Morgan fingerprint density at radius 1 is 0.647 bits per heavy atom. The second kappa shape index (κ2) is 12.0. The van der Waals surface area contributed by atoms with Crippen LogP contribution in [0.25, 0.3) is 5.69 Å². The predicted molar refractivity (Wildman–Crippen MR) is 199 cm³/mol. The minimum atomic E-state index is -0.804. The van der Waals surface area contributed by atoms with E-state index < -0.39 is 23.8 Å². The van der Waals surface area contributed by atoms with Crippen molar-refractivity contribution in [3.63, 3.8) is 0 Å². The zero-order chi connectivity index (χ0) is 37.1. The molecule has 2 heterocycles. The van der Waals surface area contributed by atoms with Crippen LogP contribution in [0, 0.1) is 44.3 Å². The summed E-state index contributed by atoms with van der Waals surface area (Å²) in [6.45, 7) is 28.4. The molecule has 0 radical (unpaired) electrons. The first kappa shape index (κ1) is 36.9. The molecule has 7 rings (SSSR count). The van der Waals surface area contributed by atoms with Crippen LogP contribution in [0.5, 0.6) is 0 Å². The van der Waals surface area contributed by atoms with E-state index in [2.05, 4.69) is 83.1 Å². The number of hydrogen-bond donors (Lipinski definition) is 0. The van der Waals surface area contributed by atoms with Crippen LogP contribution in [0.2, 0.25) is 0 Å². The summed E-state index contributed by atoms with van der Waals surface area (Å²) < 4.78 is 32.0. The Labute approximate surface area is 304 Å². The third kappa shape index (κ3) is 5.61. The van der Waals surface area contributed by atoms with Gasteiger partial charge >= 0.3 is 11.4 Å². The van der Waals surface area contributed by atoms with Crippen molar-refractivity contribution in [3.8, 4) is 5.69 Å². The van der Waals surface area contributed by atoms with Gasteiger partial charge in [-0.15, -0.1) is 0 Å². The number of rotatable bonds is 9. The largest absolute Gasteiger partial charge is 0.374 e. The molecular weight excluding hydrogens is 642 g/mol. The molecule has 0 saturated heterocycles. The van der Waals surface area contributed by atoms with Crippen LogP contribution in [0.4, 0.5) is 0 Å². The van der Waals surface area contributed by atoms with Crippen LogP contribution in [-0.2, 0) is 18.9 Å². The van der Waals surface area contributed by atoms with E-state index in [1.165, 1.54) is 13.9 Å². The molecule has 4 fully saturated rings. The van der Waals surface area contributed by atoms with Gasteiger partial charge in [0.25, 0.3) is 0 Å². The van der Waals surface area contributed by atoms with Gasteiger partial charge in [0.05, 0.1) is 43.3 Å². The van der Waals surface area contributed by atoms with Gasteiger partial charge in [-0.3, -0.25) is 0 Å². The molecular formula is C42H63N3O6. The van der Waals surface area contributed by atoms with Crippen molar-refractivity contribution in [1.29, 1.82) is 0 Å². The van der Waals surface area contributed by atoms with Crippen molar-refractivity contribution in [2.75, 3.05) is 13.2 Å². The van der Waals surface area contributed by atoms with Gasteiger partial charge in [-0.1, -0.05) is 101 Å². The molecule has 1 aliphatic heterocycles. The first-order valence-corrected chi connectivity index (χ1v) is 19.4. The number of hydrogen-bond acceptors (Lipinski definition) is 6. The van der Waals surface area contributed by atoms with Gasteiger partial charge in [-0.2, -0.15) is 9.36 Å². The maximum atomic E-state index is 14.5. The molecule has 4 aliphatic carbocycles. The Morgan fingerprint density at radius 3 is 1.41 bits per heavy atom. The quantitative estimate of drug-likeness (QED) is 0.247. The normalized spacial score (nSPS) is 37.7. The molecule has 4 bridgehead atoms. The highest BCUT2D eigenvalue weighted by Gasteiger charge is 2.69. The van der Waals surface area contributed by atoms with Gasteiger partial charge in [0.15, 0.2) is 12.5 Å². The van der Waals surface area contributed by atoms with Gasteiger partial charge < -0.3 is 18.9 Å². The topological polar surface area (TPSA) is 85.8 Å². The molecule has 51 heavy (non-hydrogen) atoms. The second-order valence-corrected chi connectivity index (χ2v) is 20.4. The fourth-order valence-electron chi connectivity index (χ4n) is 10.6. The van der Waals surface area contributed by atoms with Gasteiger partial charge in [-0.05, 0) is 83.5 Å². The lowest BCUT2D eigenvalue weighted by Crippen LogP contribution is -2.48. The third-order valence-electron chi connectivity index (χ3n) is 14.3. The number of aromatic nitrogens is 3. The average Bonchev–Trinajstić information content (AvgIpc) is 3.63. The zero-order valence-electron chi connectivity index (χ0n) is 33.2. The van der Waals surface area contributed by atoms with Crippen LogP contribution in [0.1, 0.15) is 121 Å². The molecule has 2 aromatic rings. The molecule has 4 saturated carbocycles. The zero-order valence-corrected chi connectivity index (χ0v) is 33.2. The molecule has 1 aromatic carbocycles. The Morgan fingerprint density at radius 2 is 1.04 bits per heavy atom. The molecule has 0 amide bonds. The van der Waals surface area contributed by atoms with Gasteiger partial charge in [0.2, 0.25) is 0 Å². The van der Waals surface area contributed by atoms with Gasteiger partial charge in [-0.25, -0.2) is 14.2 Å². The molecule has 1 aromatic heterocycles. The van der Waals surface area contributed by atoms with Crippen LogP contribution >= 0.6 is 0 Å². The summed E-state index contributed by atoms with van der Waals surface area (Å²) >= 11 is 0. The maximum Gasteiger partial charge on any atom is 0.354 e. The van der Waals surface area contributed by atoms with Crippen molar-refractivity contribution >= 4 is 0 Å². The summed E-state index contributed by atoms with van der Waals surface area (Å²) in [6, 6.07) is 9.14. The van der Waals surface area contributed by atoms with E-state index in [4.69, 9.17) is 18.9 Å². The number of benzene rings is 1. The highest BCUT2D eigenvalue weighted by molar-refractivity contribution is 5.31. The fraction of sp³-hybridized carbons (Fsp3) is 0.762.